The molecule has 1 aliphatic carbocycles. The molecule has 0 saturated heterocycles. The Morgan fingerprint density at radius 3 is 2.75 bits per heavy atom. The fraction of sp³-hybridized carbons (Fsp3) is 0.500. The molecule has 0 spiro atoms. The molecule has 16 heavy (non-hydrogen) atoms. The van der Waals surface area contributed by atoms with Crippen LogP contribution in [0, 0.1) is 5.92 Å². The molecule has 1 aliphatic rings. The Kier molecular flexibility index (Phi) is 3.63. The molecular weight excluding hydrogens is 245 g/mol. The topological polar surface area (TPSA) is 32.3 Å². The van der Waals surface area contributed by atoms with Gasteiger partial charge < -0.3 is 10.4 Å². The normalized spacial score (nSPS) is 17.4. The highest BCUT2D eigenvalue weighted by Gasteiger charge is 2.27. The fourth-order valence-corrected chi connectivity index (χ4v) is 2.32. The van der Waals surface area contributed by atoms with Crippen LogP contribution in [0.3, 0.4) is 0 Å². The van der Waals surface area contributed by atoms with Crippen molar-refractivity contribution in [3.05, 3.63) is 27.7 Å². The van der Waals surface area contributed by atoms with Gasteiger partial charge in [0.15, 0.2) is 0 Å². The van der Waals surface area contributed by atoms with Crippen LogP contribution in [0.4, 0.5) is 0 Å². The van der Waals surface area contributed by atoms with Gasteiger partial charge in [-0.1, -0.05) is 23.2 Å². The zero-order valence-corrected chi connectivity index (χ0v) is 10.6. The molecule has 2 nitrogen and oxygen atoms in total. The van der Waals surface area contributed by atoms with Gasteiger partial charge in [-0.25, -0.2) is 0 Å². The molecule has 1 fully saturated rings. The van der Waals surface area contributed by atoms with Crippen molar-refractivity contribution in [2.75, 3.05) is 0 Å². The minimum Gasteiger partial charge on any atom is -0.506 e. The van der Waals surface area contributed by atoms with Crippen LogP contribution in [0.15, 0.2) is 12.1 Å². The van der Waals surface area contributed by atoms with E-state index in [1.54, 1.807) is 12.1 Å². The van der Waals surface area contributed by atoms with Gasteiger partial charge in [0.2, 0.25) is 0 Å². The van der Waals surface area contributed by atoms with Crippen LogP contribution in [0.25, 0.3) is 0 Å². The maximum Gasteiger partial charge on any atom is 0.138 e. The van der Waals surface area contributed by atoms with E-state index in [9.17, 15) is 5.11 Å². The van der Waals surface area contributed by atoms with Crippen molar-refractivity contribution in [2.45, 2.75) is 32.4 Å². The molecular formula is C12H15Cl2NO. The highest BCUT2D eigenvalue weighted by Crippen LogP contribution is 2.34. The summed E-state index contributed by atoms with van der Waals surface area (Å²) in [6, 6.07) is 3.78. The van der Waals surface area contributed by atoms with Gasteiger partial charge in [0.25, 0.3) is 0 Å². The lowest BCUT2D eigenvalue weighted by Gasteiger charge is -2.14. The van der Waals surface area contributed by atoms with Crippen molar-refractivity contribution in [3.8, 4) is 5.75 Å². The number of nitrogens with one attached hydrogen (secondary N) is 1. The third kappa shape index (κ3) is 2.82. The Bertz CT molecular complexity index is 391. The standard InChI is InChI=1S/C12H15Cl2NO/c1-7(8-2-3-8)15-6-9-4-10(13)5-11(14)12(9)16/h4-5,7-8,15-16H,2-3,6H2,1H3. The van der Waals surface area contributed by atoms with Gasteiger partial charge in [0.05, 0.1) is 5.02 Å². The number of halogens is 2. The molecule has 0 amide bonds. The van der Waals surface area contributed by atoms with Gasteiger partial charge >= 0.3 is 0 Å². The molecule has 0 bridgehead atoms. The van der Waals surface area contributed by atoms with Crippen LogP contribution in [-0.2, 0) is 6.54 Å². The zero-order valence-electron chi connectivity index (χ0n) is 9.13. The van der Waals surface area contributed by atoms with Crippen LogP contribution in [-0.4, -0.2) is 11.1 Å². The summed E-state index contributed by atoms with van der Waals surface area (Å²) < 4.78 is 0. The smallest absolute Gasteiger partial charge is 0.138 e. The first-order valence-electron chi connectivity index (χ1n) is 5.48. The second-order valence-corrected chi connectivity index (χ2v) is 5.25. The predicted molar refractivity (Wildman–Crippen MR) is 67.2 cm³/mol. The van der Waals surface area contributed by atoms with E-state index in [-0.39, 0.29) is 5.75 Å². The quantitative estimate of drug-likeness (QED) is 0.867. The molecule has 2 rings (SSSR count). The zero-order chi connectivity index (χ0) is 11.7. The Hall–Kier alpha value is -0.440. The molecule has 2 N–H and O–H groups in total. The van der Waals surface area contributed by atoms with E-state index in [0.717, 1.165) is 11.5 Å². The Morgan fingerprint density at radius 2 is 2.12 bits per heavy atom. The lowest BCUT2D eigenvalue weighted by atomic mass is 10.1. The monoisotopic (exact) mass is 259 g/mol. The lowest BCUT2D eigenvalue weighted by molar-refractivity contribution is 0.451. The molecule has 1 saturated carbocycles. The molecule has 1 aromatic rings. The van der Waals surface area contributed by atoms with Crippen molar-refractivity contribution < 1.29 is 5.11 Å². The highest BCUT2D eigenvalue weighted by molar-refractivity contribution is 6.35. The molecule has 0 radical (unpaired) electrons. The van der Waals surface area contributed by atoms with Crippen molar-refractivity contribution in [1.82, 2.24) is 5.32 Å². The summed E-state index contributed by atoms with van der Waals surface area (Å²) in [5.74, 6) is 0.915. The number of aromatic hydroxyl groups is 1. The van der Waals surface area contributed by atoms with E-state index >= 15 is 0 Å². The van der Waals surface area contributed by atoms with E-state index < -0.39 is 0 Å². The minimum absolute atomic E-state index is 0.126. The summed E-state index contributed by atoms with van der Waals surface area (Å²) >= 11 is 11.7. The summed E-state index contributed by atoms with van der Waals surface area (Å²) in [6.07, 6.45) is 2.60. The summed E-state index contributed by atoms with van der Waals surface area (Å²) in [5.41, 5.74) is 0.755. The Balaban J connectivity index is 2.02. The number of phenols is 1. The van der Waals surface area contributed by atoms with Crippen LogP contribution < -0.4 is 5.32 Å². The molecule has 0 heterocycles. The molecule has 4 heteroatoms. The molecule has 0 aromatic heterocycles. The van der Waals surface area contributed by atoms with Crippen LogP contribution in [0.5, 0.6) is 5.75 Å². The van der Waals surface area contributed by atoms with E-state index in [1.165, 1.54) is 12.8 Å². The van der Waals surface area contributed by atoms with E-state index in [4.69, 9.17) is 23.2 Å². The first kappa shape index (κ1) is 12.0. The van der Waals surface area contributed by atoms with Crippen LogP contribution in [0.2, 0.25) is 10.0 Å². The molecule has 88 valence electrons. The van der Waals surface area contributed by atoms with Crippen molar-refractivity contribution in [2.24, 2.45) is 5.92 Å². The number of hydrogen-bond acceptors (Lipinski definition) is 2. The second-order valence-electron chi connectivity index (χ2n) is 4.40. The number of hydrogen-bond donors (Lipinski definition) is 2. The van der Waals surface area contributed by atoms with Gasteiger partial charge in [-0.2, -0.15) is 0 Å². The number of rotatable bonds is 4. The first-order valence-corrected chi connectivity index (χ1v) is 6.24. The third-order valence-corrected chi connectivity index (χ3v) is 3.56. The summed E-state index contributed by atoms with van der Waals surface area (Å²) in [4.78, 5) is 0. The Labute approximate surface area is 106 Å². The SMILES string of the molecule is CC(NCc1cc(Cl)cc(Cl)c1O)C1CC1. The van der Waals surface area contributed by atoms with Gasteiger partial charge in [0, 0.05) is 23.2 Å². The van der Waals surface area contributed by atoms with Crippen molar-refractivity contribution >= 4 is 23.2 Å². The maximum absolute atomic E-state index is 9.76. The Morgan fingerprint density at radius 1 is 1.44 bits per heavy atom. The van der Waals surface area contributed by atoms with Crippen molar-refractivity contribution in [3.63, 3.8) is 0 Å². The number of phenolic OH excluding ortho intramolecular Hbond substituents is 1. The largest absolute Gasteiger partial charge is 0.506 e. The molecule has 0 aliphatic heterocycles. The second kappa shape index (κ2) is 4.82. The van der Waals surface area contributed by atoms with Crippen LogP contribution in [0.1, 0.15) is 25.3 Å². The van der Waals surface area contributed by atoms with Gasteiger partial charge in [0.1, 0.15) is 5.75 Å². The van der Waals surface area contributed by atoms with Crippen LogP contribution >= 0.6 is 23.2 Å². The molecule has 1 atom stereocenters. The van der Waals surface area contributed by atoms with E-state index in [2.05, 4.69) is 12.2 Å². The van der Waals surface area contributed by atoms with Gasteiger partial charge in [-0.15, -0.1) is 0 Å². The third-order valence-electron chi connectivity index (χ3n) is 3.05. The first-order chi connectivity index (χ1) is 7.58. The fourth-order valence-electron chi connectivity index (χ4n) is 1.79. The maximum atomic E-state index is 9.76. The highest BCUT2D eigenvalue weighted by atomic mass is 35.5. The summed E-state index contributed by atoms with van der Waals surface area (Å²) in [5, 5.41) is 14.0. The molecule has 1 unspecified atom stereocenters. The average molecular weight is 260 g/mol. The average Bonchev–Trinajstić information content (AvgIpc) is 3.04. The van der Waals surface area contributed by atoms with Crippen molar-refractivity contribution in [1.29, 1.82) is 0 Å². The lowest BCUT2D eigenvalue weighted by Crippen LogP contribution is -2.27. The predicted octanol–water partition coefficient (Wildman–Crippen LogP) is 3.59. The minimum atomic E-state index is 0.126. The van der Waals surface area contributed by atoms with E-state index in [0.29, 0.717) is 22.6 Å². The van der Waals surface area contributed by atoms with Gasteiger partial charge in [-0.05, 0) is 37.8 Å². The van der Waals surface area contributed by atoms with Gasteiger partial charge in [-0.3, -0.25) is 0 Å². The summed E-state index contributed by atoms with van der Waals surface area (Å²) in [7, 11) is 0. The number of benzene rings is 1. The molecule has 1 aromatic carbocycles. The van der Waals surface area contributed by atoms with E-state index in [1.807, 2.05) is 0 Å². The summed E-state index contributed by atoms with van der Waals surface area (Å²) in [6.45, 7) is 2.77.